The lowest BCUT2D eigenvalue weighted by Gasteiger charge is -2.06. The number of hydrogen-bond donors (Lipinski definition) is 3. The molecule has 1 heterocycles. The molecule has 21 heavy (non-hydrogen) atoms. The van der Waals surface area contributed by atoms with Gasteiger partial charge in [-0.2, -0.15) is 0 Å². The smallest absolute Gasteiger partial charge is 0.260 e. The average molecular weight is 311 g/mol. The Morgan fingerprint density at radius 2 is 1.76 bits per heavy atom. The van der Waals surface area contributed by atoms with Gasteiger partial charge in [-0.05, 0) is 31.2 Å². The highest BCUT2D eigenvalue weighted by molar-refractivity contribution is 6.04. The molecule has 0 aliphatic rings. The van der Waals surface area contributed by atoms with Crippen LogP contribution in [0.3, 0.4) is 0 Å². The van der Waals surface area contributed by atoms with Crippen LogP contribution in [-0.4, -0.2) is 23.5 Å². The van der Waals surface area contributed by atoms with Crippen LogP contribution in [0.1, 0.15) is 16.1 Å². The number of carbonyl (C=O) groups is 2. The summed E-state index contributed by atoms with van der Waals surface area (Å²) in [5, 5.41) is 8.86. The number of nitrogens with one attached hydrogen (secondary N) is 2. The summed E-state index contributed by atoms with van der Waals surface area (Å²) in [5.41, 5.74) is 6.79. The van der Waals surface area contributed by atoms with E-state index >= 15 is 0 Å². The summed E-state index contributed by atoms with van der Waals surface area (Å²) in [6.45, 7) is 1.58. The normalized spacial score (nSPS) is 9.62. The summed E-state index contributed by atoms with van der Waals surface area (Å²) in [6.07, 6.45) is 1.36. The molecular weight excluding hydrogens is 296 g/mol. The van der Waals surface area contributed by atoms with E-state index in [1.165, 1.54) is 6.20 Å². The van der Waals surface area contributed by atoms with Gasteiger partial charge in [0.2, 0.25) is 5.91 Å². The summed E-state index contributed by atoms with van der Waals surface area (Å²) >= 11 is 0. The van der Waals surface area contributed by atoms with Gasteiger partial charge in [0.05, 0.1) is 12.7 Å². The van der Waals surface area contributed by atoms with E-state index in [1.807, 2.05) is 0 Å². The minimum absolute atomic E-state index is 0. The monoisotopic (exact) mass is 310 g/mol. The van der Waals surface area contributed by atoms with Crippen LogP contribution in [0.25, 0.3) is 0 Å². The van der Waals surface area contributed by atoms with Crippen molar-refractivity contribution in [3.8, 4) is 0 Å². The molecule has 0 fully saturated rings. The number of carbonyl (C=O) groups excluding carboxylic acids is 2. The van der Waals surface area contributed by atoms with Gasteiger partial charge in [0.1, 0.15) is 11.3 Å². The fraction of sp³-hybridized carbons (Fsp3) is 0.154. The molecule has 0 saturated heterocycles. The molecule has 112 valence electrons. The zero-order valence-corrected chi connectivity index (χ0v) is 12.1. The molecule has 0 aliphatic carbocycles. The Balaban J connectivity index is 0.00000220. The molecule has 4 N–H and O–H groups in total. The highest BCUT2D eigenvalue weighted by Crippen LogP contribution is 2.15. The predicted molar refractivity (Wildman–Crippen MR) is 80.6 cm³/mol. The Kier molecular flexibility index (Phi) is 5.89. The first-order chi connectivity index (χ1) is 9.60. The third-order valence-electron chi connectivity index (χ3n) is 2.61. The quantitative estimate of drug-likeness (QED) is 0.793. The zero-order valence-electron chi connectivity index (χ0n) is 11.3. The molecule has 2 aromatic rings. The highest BCUT2D eigenvalue weighted by atomic mass is 35.5. The van der Waals surface area contributed by atoms with Crippen LogP contribution in [0.5, 0.6) is 0 Å². The number of rotatable bonds is 4. The first-order valence-corrected chi connectivity index (χ1v) is 5.92. The third-order valence-corrected chi connectivity index (χ3v) is 2.61. The zero-order chi connectivity index (χ0) is 14.5. The largest absolute Gasteiger partial charge is 0.361 e. The Labute approximate surface area is 127 Å². The molecule has 0 aliphatic heterocycles. The van der Waals surface area contributed by atoms with E-state index in [0.717, 1.165) is 0 Å². The topological polar surface area (TPSA) is 110 Å². The number of hydrogen-bond acceptors (Lipinski definition) is 5. The molecular formula is C13H15ClN4O3. The Morgan fingerprint density at radius 3 is 2.24 bits per heavy atom. The minimum Gasteiger partial charge on any atom is -0.361 e. The van der Waals surface area contributed by atoms with Gasteiger partial charge in [0.15, 0.2) is 0 Å². The van der Waals surface area contributed by atoms with E-state index < -0.39 is 0 Å². The number of anilines is 2. The second-order valence-corrected chi connectivity index (χ2v) is 4.08. The lowest BCUT2D eigenvalue weighted by Crippen LogP contribution is -2.21. The molecule has 0 bridgehead atoms. The van der Waals surface area contributed by atoms with Crippen LogP contribution in [0, 0.1) is 6.92 Å². The van der Waals surface area contributed by atoms with Crippen molar-refractivity contribution in [3.63, 3.8) is 0 Å². The Hall–Kier alpha value is -2.38. The third kappa shape index (κ3) is 4.30. The minimum atomic E-state index is -0.303. The molecule has 0 radical (unpaired) electrons. The van der Waals surface area contributed by atoms with Gasteiger partial charge in [-0.15, -0.1) is 12.4 Å². The van der Waals surface area contributed by atoms with Crippen molar-refractivity contribution in [1.82, 2.24) is 5.16 Å². The summed E-state index contributed by atoms with van der Waals surface area (Å²) < 4.78 is 4.83. The molecule has 1 aromatic carbocycles. The standard InChI is InChI=1S/C13H14N4O3.ClH/c1-8-11(7-15-20-8)13(19)17-10-4-2-9(3-5-10)16-12(18)6-14;/h2-5,7H,6,14H2,1H3,(H,16,18)(H,17,19);1H. The number of nitrogens with two attached hydrogens (primary N) is 1. The van der Waals surface area contributed by atoms with Crippen molar-refractivity contribution in [1.29, 1.82) is 0 Å². The fourth-order valence-electron chi connectivity index (χ4n) is 1.56. The van der Waals surface area contributed by atoms with E-state index in [4.69, 9.17) is 10.3 Å². The van der Waals surface area contributed by atoms with Gasteiger partial charge in [-0.3, -0.25) is 9.59 Å². The van der Waals surface area contributed by atoms with Crippen molar-refractivity contribution in [2.24, 2.45) is 5.73 Å². The van der Waals surface area contributed by atoms with E-state index in [-0.39, 0.29) is 30.8 Å². The number of benzene rings is 1. The Morgan fingerprint density at radius 1 is 1.19 bits per heavy atom. The predicted octanol–water partition coefficient (Wildman–Crippen LogP) is 1.55. The van der Waals surface area contributed by atoms with Crippen molar-refractivity contribution >= 4 is 35.6 Å². The number of amides is 2. The number of halogens is 1. The van der Waals surface area contributed by atoms with Gasteiger partial charge >= 0.3 is 0 Å². The van der Waals surface area contributed by atoms with Crippen LogP contribution in [0.15, 0.2) is 35.0 Å². The molecule has 0 unspecified atom stereocenters. The van der Waals surface area contributed by atoms with E-state index in [9.17, 15) is 9.59 Å². The Bertz CT molecular complexity index is 625. The first-order valence-electron chi connectivity index (χ1n) is 5.92. The van der Waals surface area contributed by atoms with E-state index in [0.29, 0.717) is 22.7 Å². The summed E-state index contributed by atoms with van der Waals surface area (Å²) in [6, 6.07) is 6.69. The van der Waals surface area contributed by atoms with Crippen LogP contribution >= 0.6 is 12.4 Å². The van der Waals surface area contributed by atoms with Crippen molar-refractivity contribution in [2.75, 3.05) is 17.2 Å². The molecule has 0 saturated carbocycles. The van der Waals surface area contributed by atoms with Gasteiger partial charge in [0.25, 0.3) is 5.91 Å². The fourth-order valence-corrected chi connectivity index (χ4v) is 1.56. The lowest BCUT2D eigenvalue weighted by atomic mass is 10.2. The van der Waals surface area contributed by atoms with Crippen LogP contribution in [-0.2, 0) is 4.79 Å². The van der Waals surface area contributed by atoms with Gasteiger partial charge in [-0.1, -0.05) is 5.16 Å². The van der Waals surface area contributed by atoms with Crippen LogP contribution in [0.2, 0.25) is 0 Å². The molecule has 2 rings (SSSR count). The summed E-state index contributed by atoms with van der Waals surface area (Å²) in [5.74, 6) is -0.126. The maximum atomic E-state index is 11.9. The van der Waals surface area contributed by atoms with E-state index in [2.05, 4.69) is 15.8 Å². The summed E-state index contributed by atoms with van der Waals surface area (Å²) in [7, 11) is 0. The van der Waals surface area contributed by atoms with E-state index in [1.54, 1.807) is 31.2 Å². The van der Waals surface area contributed by atoms with Gasteiger partial charge in [-0.25, -0.2) is 0 Å². The highest BCUT2D eigenvalue weighted by Gasteiger charge is 2.12. The summed E-state index contributed by atoms with van der Waals surface area (Å²) in [4.78, 5) is 23.0. The lowest BCUT2D eigenvalue weighted by molar-refractivity contribution is -0.114. The van der Waals surface area contributed by atoms with Crippen LogP contribution in [0.4, 0.5) is 11.4 Å². The van der Waals surface area contributed by atoms with Crippen molar-refractivity contribution in [3.05, 3.63) is 41.8 Å². The average Bonchev–Trinajstić information content (AvgIpc) is 2.87. The first kappa shape index (κ1) is 16.7. The van der Waals surface area contributed by atoms with Crippen molar-refractivity contribution in [2.45, 2.75) is 6.92 Å². The number of nitrogens with zero attached hydrogens (tertiary/aromatic N) is 1. The molecule has 1 aromatic heterocycles. The SMILES string of the molecule is Cc1oncc1C(=O)Nc1ccc(NC(=O)CN)cc1.Cl. The second kappa shape index (κ2) is 7.41. The molecule has 7 nitrogen and oxygen atoms in total. The second-order valence-electron chi connectivity index (χ2n) is 4.08. The molecule has 0 spiro atoms. The molecule has 0 atom stereocenters. The van der Waals surface area contributed by atoms with Gasteiger partial charge < -0.3 is 20.9 Å². The van der Waals surface area contributed by atoms with Gasteiger partial charge in [0, 0.05) is 11.4 Å². The molecule has 8 heteroatoms. The number of aryl methyl sites for hydroxylation is 1. The number of aromatic nitrogens is 1. The maximum absolute atomic E-state index is 11.9. The van der Waals surface area contributed by atoms with Crippen molar-refractivity contribution < 1.29 is 14.1 Å². The molecule has 2 amide bonds. The maximum Gasteiger partial charge on any atom is 0.260 e. The van der Waals surface area contributed by atoms with Crippen LogP contribution < -0.4 is 16.4 Å².